The van der Waals surface area contributed by atoms with E-state index < -0.39 is 16.5 Å². The van der Waals surface area contributed by atoms with Gasteiger partial charge < -0.3 is 10.2 Å². The first-order chi connectivity index (χ1) is 5.07. The monoisotopic (exact) mass is 159 g/mol. The van der Waals surface area contributed by atoms with E-state index in [-0.39, 0.29) is 6.67 Å². The van der Waals surface area contributed by atoms with E-state index in [2.05, 4.69) is 9.98 Å². The smallest absolute Gasteiger partial charge is 0.434 e. The van der Waals surface area contributed by atoms with Crippen LogP contribution in [0.3, 0.4) is 0 Å². The van der Waals surface area contributed by atoms with Crippen molar-refractivity contribution in [3.63, 3.8) is 0 Å². The molecule has 0 aliphatic carbocycles. The summed E-state index contributed by atoms with van der Waals surface area (Å²) in [7, 11) is 0. The highest BCUT2D eigenvalue weighted by atomic mass is 16.7. The number of nitrogens with zero attached hydrogens (tertiary/aromatic N) is 3. The van der Waals surface area contributed by atoms with E-state index in [0.717, 1.165) is 0 Å². The average Bonchev–Trinajstić information content (AvgIpc) is 1.95. The highest BCUT2D eigenvalue weighted by Gasteiger charge is 2.47. The van der Waals surface area contributed by atoms with Gasteiger partial charge in [0.15, 0.2) is 0 Å². The molecule has 0 aromatic carbocycles. The van der Waals surface area contributed by atoms with Crippen molar-refractivity contribution in [3.8, 4) is 0 Å². The van der Waals surface area contributed by atoms with Crippen LogP contribution >= 0.6 is 0 Å². The molecular formula is C4H5N3O4. The van der Waals surface area contributed by atoms with Crippen molar-refractivity contribution in [2.45, 2.75) is 5.72 Å². The molecule has 0 fully saturated rings. The summed E-state index contributed by atoms with van der Waals surface area (Å²) in [5.74, 6) is -0.933. The van der Waals surface area contributed by atoms with E-state index in [1.807, 2.05) is 0 Å². The predicted octanol–water partition coefficient (Wildman–Crippen LogP) is -1.05. The molecule has 7 heteroatoms. The quantitative estimate of drug-likeness (QED) is 0.289. The lowest BCUT2D eigenvalue weighted by Gasteiger charge is -2.14. The second-order valence-electron chi connectivity index (χ2n) is 1.92. The molecule has 2 N–H and O–H groups in total. The number of aliphatic hydroxyl groups excluding tert-OH is 1. The minimum atomic E-state index is -2.63. The average molecular weight is 159 g/mol. The van der Waals surface area contributed by atoms with E-state index in [0.29, 0.717) is 6.21 Å². The van der Waals surface area contributed by atoms with Gasteiger partial charge in [0.25, 0.3) is 0 Å². The Morgan fingerprint density at radius 1 is 1.82 bits per heavy atom. The summed E-state index contributed by atoms with van der Waals surface area (Å²) < 4.78 is 0. The van der Waals surface area contributed by atoms with Crippen LogP contribution in [0.2, 0.25) is 0 Å². The number of nitro groups is 1. The molecule has 0 aromatic heterocycles. The van der Waals surface area contributed by atoms with E-state index in [1.165, 1.54) is 0 Å². The van der Waals surface area contributed by atoms with E-state index >= 15 is 0 Å². The van der Waals surface area contributed by atoms with Gasteiger partial charge >= 0.3 is 11.6 Å². The molecule has 1 aliphatic rings. The largest absolute Gasteiger partial charge is 0.489 e. The number of hydrogen-bond donors (Lipinski definition) is 2. The maximum atomic E-state index is 10.1. The minimum Gasteiger partial charge on any atom is -0.489 e. The van der Waals surface area contributed by atoms with Gasteiger partial charge in [-0.2, -0.15) is 0 Å². The number of aliphatic imine (C=N–C) groups is 2. The molecule has 0 amide bonds. The SMILES string of the molecule is O=[N+]([O-])C1(O)C=NCN=C1O. The van der Waals surface area contributed by atoms with Gasteiger partial charge in [-0.05, 0) is 0 Å². The predicted molar refractivity (Wildman–Crippen MR) is 35.4 cm³/mol. The molecular weight excluding hydrogens is 154 g/mol. The first-order valence-corrected chi connectivity index (χ1v) is 2.69. The Balaban J connectivity index is 3.00. The zero-order chi connectivity index (χ0) is 8.48. The summed E-state index contributed by atoms with van der Waals surface area (Å²) in [6.07, 6.45) is 0.648. The van der Waals surface area contributed by atoms with Crippen molar-refractivity contribution >= 4 is 12.1 Å². The normalized spacial score (nSPS) is 29.7. The van der Waals surface area contributed by atoms with Gasteiger partial charge in [0, 0.05) is 0 Å². The second-order valence-corrected chi connectivity index (χ2v) is 1.92. The summed E-state index contributed by atoms with van der Waals surface area (Å²) >= 11 is 0. The summed E-state index contributed by atoms with van der Waals surface area (Å²) in [5.41, 5.74) is -2.63. The molecule has 1 unspecified atom stereocenters. The lowest BCUT2D eigenvalue weighted by molar-refractivity contribution is -0.575. The Morgan fingerprint density at radius 2 is 2.45 bits per heavy atom. The van der Waals surface area contributed by atoms with Crippen molar-refractivity contribution in [1.82, 2.24) is 0 Å². The van der Waals surface area contributed by atoms with Crippen LogP contribution in [0, 0.1) is 10.1 Å². The standard InChI is InChI=1S/C4H5N3O4/c8-3-4(9,7(10)11)1-5-2-6-3/h1,9H,2H2,(H,6,8). The fourth-order valence-corrected chi connectivity index (χ4v) is 0.579. The third-order valence-corrected chi connectivity index (χ3v) is 1.18. The van der Waals surface area contributed by atoms with Crippen molar-refractivity contribution in [3.05, 3.63) is 10.1 Å². The van der Waals surface area contributed by atoms with Gasteiger partial charge in [0.1, 0.15) is 12.9 Å². The van der Waals surface area contributed by atoms with Crippen LogP contribution < -0.4 is 0 Å². The van der Waals surface area contributed by atoms with Crippen LogP contribution in [-0.4, -0.2) is 39.6 Å². The molecule has 0 bridgehead atoms. The zero-order valence-electron chi connectivity index (χ0n) is 5.34. The summed E-state index contributed by atoms with van der Waals surface area (Å²) in [5, 5.41) is 27.9. The van der Waals surface area contributed by atoms with E-state index in [1.54, 1.807) is 0 Å². The Labute approximate surface area is 60.9 Å². The van der Waals surface area contributed by atoms with Crippen molar-refractivity contribution in [2.75, 3.05) is 6.67 Å². The Kier molecular flexibility index (Phi) is 1.57. The lowest BCUT2D eigenvalue weighted by Crippen LogP contribution is -2.49. The van der Waals surface area contributed by atoms with E-state index in [4.69, 9.17) is 10.2 Å². The van der Waals surface area contributed by atoms with E-state index in [9.17, 15) is 10.1 Å². The van der Waals surface area contributed by atoms with Crippen LogP contribution in [0.5, 0.6) is 0 Å². The maximum absolute atomic E-state index is 10.1. The number of hydrogen-bond acceptors (Lipinski definition) is 5. The molecule has 0 radical (unpaired) electrons. The minimum absolute atomic E-state index is 0.0953. The van der Waals surface area contributed by atoms with Gasteiger partial charge in [0.05, 0.1) is 4.92 Å². The molecule has 1 rings (SSSR count). The second kappa shape index (κ2) is 2.27. The molecule has 11 heavy (non-hydrogen) atoms. The highest BCUT2D eigenvalue weighted by Crippen LogP contribution is 2.07. The highest BCUT2D eigenvalue weighted by molar-refractivity contribution is 5.99. The van der Waals surface area contributed by atoms with Crippen LogP contribution in [0.4, 0.5) is 0 Å². The van der Waals surface area contributed by atoms with Gasteiger partial charge in [-0.15, -0.1) is 0 Å². The Hall–Kier alpha value is -1.50. The molecule has 0 saturated heterocycles. The van der Waals surface area contributed by atoms with Crippen LogP contribution in [0.15, 0.2) is 9.98 Å². The molecule has 0 saturated carbocycles. The van der Waals surface area contributed by atoms with Gasteiger partial charge in [0.2, 0.25) is 0 Å². The fraction of sp³-hybridized carbons (Fsp3) is 0.500. The molecule has 1 aliphatic heterocycles. The summed E-state index contributed by atoms with van der Waals surface area (Å²) in [4.78, 5) is 15.6. The molecule has 0 spiro atoms. The first-order valence-electron chi connectivity index (χ1n) is 2.69. The van der Waals surface area contributed by atoms with Crippen LogP contribution in [0.1, 0.15) is 0 Å². The molecule has 0 aromatic rings. The van der Waals surface area contributed by atoms with Crippen LogP contribution in [0.25, 0.3) is 0 Å². The number of aliphatic hydroxyl groups is 2. The molecule has 60 valence electrons. The third-order valence-electron chi connectivity index (χ3n) is 1.18. The molecule has 1 heterocycles. The zero-order valence-corrected chi connectivity index (χ0v) is 5.34. The third kappa shape index (κ3) is 1.05. The Morgan fingerprint density at radius 3 is 2.82 bits per heavy atom. The summed E-state index contributed by atoms with van der Waals surface area (Å²) in [6, 6.07) is 0. The fourth-order valence-electron chi connectivity index (χ4n) is 0.579. The Bertz CT molecular complexity index is 248. The number of rotatable bonds is 1. The topological polar surface area (TPSA) is 108 Å². The van der Waals surface area contributed by atoms with Crippen molar-refractivity contribution < 1.29 is 15.1 Å². The first kappa shape index (κ1) is 7.61. The van der Waals surface area contributed by atoms with Crippen LogP contribution in [-0.2, 0) is 0 Å². The lowest BCUT2D eigenvalue weighted by atomic mass is 10.2. The molecule has 1 atom stereocenters. The molecule has 7 nitrogen and oxygen atoms in total. The van der Waals surface area contributed by atoms with Gasteiger partial charge in [-0.1, -0.05) is 0 Å². The van der Waals surface area contributed by atoms with Gasteiger partial charge in [-0.3, -0.25) is 15.1 Å². The van der Waals surface area contributed by atoms with Gasteiger partial charge in [-0.25, -0.2) is 4.99 Å². The maximum Gasteiger partial charge on any atom is 0.434 e. The summed E-state index contributed by atoms with van der Waals surface area (Å²) in [6.45, 7) is -0.0953. The van der Waals surface area contributed by atoms with Crippen molar-refractivity contribution in [2.24, 2.45) is 9.98 Å². The van der Waals surface area contributed by atoms with Crippen molar-refractivity contribution in [1.29, 1.82) is 0 Å².